The second kappa shape index (κ2) is 8.44. The van der Waals surface area contributed by atoms with Gasteiger partial charge in [0.25, 0.3) is 0 Å². The summed E-state index contributed by atoms with van der Waals surface area (Å²) in [7, 11) is 1.52. The third kappa shape index (κ3) is 4.52. The summed E-state index contributed by atoms with van der Waals surface area (Å²) in [6, 6.07) is 6.48. The van der Waals surface area contributed by atoms with Gasteiger partial charge in [0.05, 0.1) is 26.5 Å². The molecule has 0 atom stereocenters. The van der Waals surface area contributed by atoms with Gasteiger partial charge in [0.2, 0.25) is 15.9 Å². The van der Waals surface area contributed by atoms with E-state index in [2.05, 4.69) is 10.1 Å². The van der Waals surface area contributed by atoms with E-state index in [4.69, 9.17) is 4.74 Å². The van der Waals surface area contributed by atoms with Crippen LogP contribution in [0.5, 0.6) is 5.75 Å². The largest absolute Gasteiger partial charge is 0.495 e. The summed E-state index contributed by atoms with van der Waals surface area (Å²) < 4.78 is 37.5. The van der Waals surface area contributed by atoms with Gasteiger partial charge in [0, 0.05) is 20.3 Å². The minimum Gasteiger partial charge on any atom is -0.495 e. The summed E-state index contributed by atoms with van der Waals surface area (Å²) in [6.45, 7) is 1.45. The van der Waals surface area contributed by atoms with Crippen LogP contribution in [0.4, 0.5) is 5.69 Å². The van der Waals surface area contributed by atoms with Crippen molar-refractivity contribution in [1.82, 2.24) is 8.87 Å². The molecule has 1 N–H and O–H groups in total. The summed E-state index contributed by atoms with van der Waals surface area (Å²) in [4.78, 5) is 23.9. The van der Waals surface area contributed by atoms with Crippen LogP contribution in [0, 0.1) is 6.92 Å². The van der Waals surface area contributed by atoms with Crippen molar-refractivity contribution in [2.24, 2.45) is 7.05 Å². The lowest BCUT2D eigenvalue weighted by molar-refractivity contribution is -0.116. The number of hydrogen-bond donors (Lipinski definition) is 1. The molecule has 1 amide bonds. The monoisotopic (exact) mass is 409 g/mol. The molecule has 1 aromatic carbocycles. The molecule has 2 rings (SSSR count). The van der Waals surface area contributed by atoms with Crippen LogP contribution in [0.25, 0.3) is 0 Å². The number of carbonyl (C=O) groups is 2. The second-order valence-electron chi connectivity index (χ2n) is 6.18. The van der Waals surface area contributed by atoms with Crippen molar-refractivity contribution in [3.63, 3.8) is 0 Å². The van der Waals surface area contributed by atoms with E-state index in [1.807, 2.05) is 13.0 Å². The molecule has 10 heteroatoms. The van der Waals surface area contributed by atoms with Crippen molar-refractivity contribution >= 4 is 27.6 Å². The Labute approximate surface area is 163 Å². The van der Waals surface area contributed by atoms with Crippen molar-refractivity contribution in [1.29, 1.82) is 0 Å². The van der Waals surface area contributed by atoms with E-state index in [1.54, 1.807) is 12.1 Å². The molecule has 0 saturated heterocycles. The lowest BCUT2D eigenvalue weighted by Crippen LogP contribution is -2.34. The van der Waals surface area contributed by atoms with E-state index in [1.165, 1.54) is 45.1 Å². The molecule has 1 heterocycles. The molecule has 0 aliphatic carbocycles. The van der Waals surface area contributed by atoms with E-state index in [-0.39, 0.29) is 10.6 Å². The molecular formula is C18H23N3O6S. The number of benzene rings is 1. The third-order valence-corrected chi connectivity index (χ3v) is 5.85. The van der Waals surface area contributed by atoms with E-state index in [0.717, 1.165) is 9.87 Å². The summed E-state index contributed by atoms with van der Waals surface area (Å²) in [5.74, 6) is -0.717. The number of carbonyl (C=O) groups excluding carboxylic acids is 2. The van der Waals surface area contributed by atoms with E-state index in [9.17, 15) is 18.0 Å². The molecule has 2 aromatic rings. The van der Waals surface area contributed by atoms with Gasteiger partial charge in [-0.15, -0.1) is 0 Å². The first-order valence-electron chi connectivity index (χ1n) is 8.25. The summed E-state index contributed by atoms with van der Waals surface area (Å²) in [6.07, 6.45) is 1.29. The van der Waals surface area contributed by atoms with Gasteiger partial charge in [-0.05, 0) is 30.7 Å². The number of rotatable bonds is 7. The van der Waals surface area contributed by atoms with Gasteiger partial charge < -0.3 is 19.4 Å². The smallest absolute Gasteiger partial charge is 0.354 e. The maximum absolute atomic E-state index is 12.7. The van der Waals surface area contributed by atoms with Gasteiger partial charge in [-0.2, -0.15) is 4.31 Å². The summed E-state index contributed by atoms with van der Waals surface area (Å²) in [5, 5.41) is 2.65. The zero-order chi connectivity index (χ0) is 21.1. The first-order valence-corrected chi connectivity index (χ1v) is 9.69. The molecule has 0 saturated carbocycles. The third-order valence-electron chi connectivity index (χ3n) is 4.08. The van der Waals surface area contributed by atoms with Crippen LogP contribution in [0.2, 0.25) is 0 Å². The maximum Gasteiger partial charge on any atom is 0.354 e. The van der Waals surface area contributed by atoms with Crippen LogP contribution in [-0.4, -0.2) is 57.0 Å². The fourth-order valence-corrected chi connectivity index (χ4v) is 3.76. The van der Waals surface area contributed by atoms with Crippen LogP contribution in [0.15, 0.2) is 35.4 Å². The van der Waals surface area contributed by atoms with Crippen LogP contribution >= 0.6 is 0 Å². The highest BCUT2D eigenvalue weighted by Crippen LogP contribution is 2.25. The number of ether oxygens (including phenoxy) is 2. The molecule has 0 fully saturated rings. The molecule has 0 aliphatic rings. The van der Waals surface area contributed by atoms with Crippen molar-refractivity contribution in [2.75, 3.05) is 33.1 Å². The first-order chi connectivity index (χ1) is 13.1. The predicted octanol–water partition coefficient (Wildman–Crippen LogP) is 1.39. The lowest BCUT2D eigenvalue weighted by Gasteiger charge is -2.17. The van der Waals surface area contributed by atoms with Crippen LogP contribution in [0.1, 0.15) is 16.1 Å². The maximum atomic E-state index is 12.7. The van der Waals surface area contributed by atoms with E-state index in [0.29, 0.717) is 11.4 Å². The van der Waals surface area contributed by atoms with Crippen molar-refractivity contribution in [2.45, 2.75) is 11.8 Å². The van der Waals surface area contributed by atoms with Gasteiger partial charge in [-0.25, -0.2) is 13.2 Å². The Morgan fingerprint density at radius 3 is 2.50 bits per heavy atom. The SMILES string of the molecule is COC(=O)c1cc(S(=O)(=O)N(C)CC(=O)Nc2cc(C)ccc2OC)cn1C. The topological polar surface area (TPSA) is 107 Å². The van der Waals surface area contributed by atoms with Crippen LogP contribution < -0.4 is 10.1 Å². The minimum absolute atomic E-state index is 0.0865. The van der Waals surface area contributed by atoms with Gasteiger partial charge in [-0.1, -0.05) is 6.07 Å². The second-order valence-corrected chi connectivity index (χ2v) is 8.22. The number of likely N-dealkylation sites (N-methyl/N-ethyl adjacent to an activating group) is 1. The van der Waals surface area contributed by atoms with Crippen LogP contribution in [0.3, 0.4) is 0 Å². The number of amides is 1. The average molecular weight is 409 g/mol. The van der Waals surface area contributed by atoms with Crippen molar-refractivity contribution in [3.05, 3.63) is 41.7 Å². The number of anilines is 1. The highest BCUT2D eigenvalue weighted by atomic mass is 32.2. The number of nitrogens with zero attached hydrogens (tertiary/aromatic N) is 2. The molecule has 0 unspecified atom stereocenters. The molecule has 0 spiro atoms. The standard InChI is InChI=1S/C18H23N3O6S/c1-12-6-7-16(26-4)14(8-12)19-17(22)11-21(3)28(24,25)13-9-15(18(23)27-5)20(2)10-13/h6-10H,11H2,1-5H3,(H,19,22). The Morgan fingerprint density at radius 2 is 1.89 bits per heavy atom. The van der Waals surface area contributed by atoms with Crippen molar-refractivity contribution < 1.29 is 27.5 Å². The molecule has 1 aromatic heterocycles. The van der Waals surface area contributed by atoms with E-state index < -0.39 is 28.4 Å². The number of nitrogens with one attached hydrogen (secondary N) is 1. The number of esters is 1. The number of aromatic nitrogens is 1. The fraction of sp³-hybridized carbons (Fsp3) is 0.333. The molecule has 0 aliphatic heterocycles. The molecule has 152 valence electrons. The summed E-state index contributed by atoms with van der Waals surface area (Å²) in [5.41, 5.74) is 1.45. The first kappa shape index (κ1) is 21.5. The Kier molecular flexibility index (Phi) is 6.47. The average Bonchev–Trinajstić information content (AvgIpc) is 3.03. The number of hydrogen-bond acceptors (Lipinski definition) is 6. The number of sulfonamides is 1. The Bertz CT molecular complexity index is 997. The van der Waals surface area contributed by atoms with Gasteiger partial charge in [-0.3, -0.25) is 4.79 Å². The molecule has 0 bridgehead atoms. The zero-order valence-corrected chi connectivity index (χ0v) is 17.2. The van der Waals surface area contributed by atoms with Gasteiger partial charge in [0.1, 0.15) is 16.3 Å². The summed E-state index contributed by atoms with van der Waals surface area (Å²) >= 11 is 0. The number of aryl methyl sites for hydroxylation is 2. The Balaban J connectivity index is 2.17. The molecule has 28 heavy (non-hydrogen) atoms. The highest BCUT2D eigenvalue weighted by molar-refractivity contribution is 7.89. The predicted molar refractivity (Wildman–Crippen MR) is 103 cm³/mol. The highest BCUT2D eigenvalue weighted by Gasteiger charge is 2.26. The van der Waals surface area contributed by atoms with Gasteiger partial charge in [0.15, 0.2) is 0 Å². The number of methoxy groups -OCH3 is 2. The van der Waals surface area contributed by atoms with E-state index >= 15 is 0 Å². The Morgan fingerprint density at radius 1 is 1.21 bits per heavy atom. The fourth-order valence-electron chi connectivity index (χ4n) is 2.56. The lowest BCUT2D eigenvalue weighted by atomic mass is 10.2. The van der Waals surface area contributed by atoms with Gasteiger partial charge >= 0.3 is 5.97 Å². The molecular weight excluding hydrogens is 386 g/mol. The zero-order valence-electron chi connectivity index (χ0n) is 16.3. The Hall–Kier alpha value is -2.85. The van der Waals surface area contributed by atoms with Crippen LogP contribution in [-0.2, 0) is 26.6 Å². The molecule has 0 radical (unpaired) electrons. The van der Waals surface area contributed by atoms with Crippen molar-refractivity contribution in [3.8, 4) is 5.75 Å². The normalized spacial score (nSPS) is 11.4. The minimum atomic E-state index is -3.98. The quantitative estimate of drug-likeness (QED) is 0.693. The molecule has 9 nitrogen and oxygen atoms in total.